The largest absolute Gasteiger partial charge is 0.508 e. The van der Waals surface area contributed by atoms with Crippen LogP contribution in [0.1, 0.15) is 72.0 Å². The van der Waals surface area contributed by atoms with Crippen LogP contribution in [-0.2, 0) is 29.1 Å². The van der Waals surface area contributed by atoms with E-state index in [-0.39, 0.29) is 65.0 Å². The van der Waals surface area contributed by atoms with Gasteiger partial charge in [0.2, 0.25) is 17.6 Å². The number of likely N-dealkylation sites (tertiary alicyclic amines) is 1. The molecule has 2 aromatic heterocycles. The van der Waals surface area contributed by atoms with Gasteiger partial charge in [-0.25, -0.2) is 0 Å². The van der Waals surface area contributed by atoms with Gasteiger partial charge in [0.25, 0.3) is 5.91 Å². The predicted molar refractivity (Wildman–Crippen MR) is 303 cm³/mol. The Morgan fingerprint density at radius 3 is 2.35 bits per heavy atom. The van der Waals surface area contributed by atoms with E-state index < -0.39 is 24.5 Å². The van der Waals surface area contributed by atoms with Crippen LogP contribution >= 0.6 is 11.6 Å². The van der Waals surface area contributed by atoms with Crippen LogP contribution in [-0.4, -0.2) is 170 Å². The Labute approximate surface area is 478 Å². The standard InChI is InChI=1S/C59H65ClF3N13O6/c1-4-51(79)75-28-27-74(34-42(75)15-19-64)53-43-18-22-73(48-10-6-8-39-7-5-9-46(60)52(39)48)35-47(43)66-58(67-53)82-30-29-70-23-25-72(26-24-70)57(81)40-16-20-71(21-17-40)33-38-11-13-41(14-12-38)76-54(45-31-44(37(2)3)49(77)32-50(45)78)68-69-55(76)56(80)65-36-59(61,62)63/h4-14,31-32,37,40,42,77-78H,1,15-18,20-30,33-36H2,2-3H3,(H,65,80)/t42-/m0/s1. The van der Waals surface area contributed by atoms with Gasteiger partial charge in [0.05, 0.1) is 41.4 Å². The Balaban J connectivity index is 0.744. The molecule has 3 fully saturated rings. The average molecular weight is 1140 g/mol. The number of rotatable bonds is 16. The lowest BCUT2D eigenvalue weighted by Crippen LogP contribution is -2.55. The third kappa shape index (κ3) is 12.6. The second-order valence-electron chi connectivity index (χ2n) is 21.5. The molecule has 430 valence electrons. The van der Waals surface area contributed by atoms with Gasteiger partial charge in [0.1, 0.15) is 30.5 Å². The van der Waals surface area contributed by atoms with Gasteiger partial charge in [-0.05, 0) is 91.2 Å². The number of aromatic nitrogens is 5. The zero-order chi connectivity index (χ0) is 57.8. The quantitative estimate of drug-likeness (QED) is 0.0802. The van der Waals surface area contributed by atoms with E-state index in [1.807, 2.05) is 54.4 Å². The van der Waals surface area contributed by atoms with Crippen molar-refractivity contribution in [3.63, 3.8) is 0 Å². The fourth-order valence-electron chi connectivity index (χ4n) is 11.6. The number of phenols is 2. The molecule has 23 heteroatoms. The highest BCUT2D eigenvalue weighted by molar-refractivity contribution is 6.36. The first kappa shape index (κ1) is 57.2. The zero-order valence-corrected chi connectivity index (χ0v) is 46.5. The van der Waals surface area contributed by atoms with E-state index in [0.29, 0.717) is 127 Å². The summed E-state index contributed by atoms with van der Waals surface area (Å²) in [6, 6.07) is 24.0. The van der Waals surface area contributed by atoms with Gasteiger partial charge in [-0.2, -0.15) is 28.4 Å². The van der Waals surface area contributed by atoms with Crippen LogP contribution in [0.15, 0.2) is 85.5 Å². The highest BCUT2D eigenvalue weighted by atomic mass is 35.5. The number of nitrogens with zero attached hydrogens (tertiary/aromatic N) is 12. The normalized spacial score (nSPS) is 17.5. The minimum absolute atomic E-state index is 0.00487. The summed E-state index contributed by atoms with van der Waals surface area (Å²) in [7, 11) is 0. The Bertz CT molecular complexity index is 3390. The van der Waals surface area contributed by atoms with Crippen LogP contribution in [0.25, 0.3) is 27.8 Å². The first-order valence-electron chi connectivity index (χ1n) is 27.7. The lowest BCUT2D eigenvalue weighted by atomic mass is 9.94. The highest BCUT2D eigenvalue weighted by Gasteiger charge is 2.36. The van der Waals surface area contributed by atoms with Gasteiger partial charge in [-0.3, -0.25) is 28.8 Å². The van der Waals surface area contributed by atoms with Crippen molar-refractivity contribution in [1.29, 1.82) is 5.26 Å². The summed E-state index contributed by atoms with van der Waals surface area (Å²) < 4.78 is 47.1. The maximum absolute atomic E-state index is 13.9. The molecule has 0 radical (unpaired) electrons. The third-order valence-corrected chi connectivity index (χ3v) is 16.3. The first-order valence-corrected chi connectivity index (χ1v) is 28.0. The molecule has 6 heterocycles. The fourth-order valence-corrected chi connectivity index (χ4v) is 11.9. The van der Waals surface area contributed by atoms with E-state index in [0.717, 1.165) is 45.2 Å². The molecule has 0 saturated carbocycles. The van der Waals surface area contributed by atoms with Crippen molar-refractivity contribution in [3.8, 4) is 40.7 Å². The SMILES string of the molecule is C=CC(=O)N1CCN(c2nc(OCCN3CCN(C(=O)C4CCN(Cc5ccc(-n6c(C(=O)NCC(F)(F)F)nnc6-c6cc(C(C)C)c(O)cc6O)cc5)CC4)CC3)nc3c2CCN(c2cccc4cccc(Cl)c24)C3)C[C@@H]1CC#N. The van der Waals surface area contributed by atoms with E-state index in [2.05, 4.69) is 60.6 Å². The highest BCUT2D eigenvalue weighted by Crippen LogP contribution is 2.40. The van der Waals surface area contributed by atoms with Crippen molar-refractivity contribution in [2.24, 2.45) is 5.92 Å². The lowest BCUT2D eigenvalue weighted by molar-refractivity contribution is -0.139. The molecule has 3 N–H and O–H groups in total. The van der Waals surface area contributed by atoms with Crippen molar-refractivity contribution in [3.05, 3.63) is 119 Å². The van der Waals surface area contributed by atoms with Crippen LogP contribution < -0.4 is 19.9 Å². The number of piperazine rings is 2. The van der Waals surface area contributed by atoms with E-state index in [1.165, 1.54) is 16.7 Å². The molecular formula is C59H65ClF3N13O6. The minimum Gasteiger partial charge on any atom is -0.508 e. The van der Waals surface area contributed by atoms with Crippen LogP contribution in [0, 0.1) is 17.2 Å². The van der Waals surface area contributed by atoms with Crippen molar-refractivity contribution < 1.29 is 42.5 Å². The van der Waals surface area contributed by atoms with Crippen LogP contribution in [0.3, 0.4) is 0 Å². The number of hydrogen-bond acceptors (Lipinski definition) is 15. The fraction of sp³-hybridized carbons (Fsp3) is 0.424. The predicted octanol–water partition coefficient (Wildman–Crippen LogP) is 7.47. The molecule has 10 rings (SSSR count). The number of aromatic hydroxyl groups is 2. The molecule has 0 aliphatic carbocycles. The molecule has 1 atom stereocenters. The summed E-state index contributed by atoms with van der Waals surface area (Å²) in [4.78, 5) is 62.6. The van der Waals surface area contributed by atoms with Crippen LogP contribution in [0.5, 0.6) is 17.5 Å². The number of ether oxygens (including phenoxy) is 1. The van der Waals surface area contributed by atoms with Crippen molar-refractivity contribution in [2.45, 2.75) is 70.8 Å². The van der Waals surface area contributed by atoms with Crippen molar-refractivity contribution >= 4 is 51.6 Å². The number of fused-ring (bicyclic) bond motifs is 2. The maximum Gasteiger partial charge on any atom is 0.405 e. The number of hydrogen-bond donors (Lipinski definition) is 3. The first-order chi connectivity index (χ1) is 39.5. The summed E-state index contributed by atoms with van der Waals surface area (Å²) in [6.45, 7) is 13.8. The number of alkyl halides is 3. The molecular weight excluding hydrogens is 1080 g/mol. The number of nitriles is 1. The van der Waals surface area contributed by atoms with Crippen molar-refractivity contribution in [2.75, 3.05) is 94.9 Å². The Morgan fingerprint density at radius 2 is 1.65 bits per heavy atom. The molecule has 3 amide bonds. The summed E-state index contributed by atoms with van der Waals surface area (Å²) >= 11 is 6.79. The number of carbonyl (C=O) groups excluding carboxylic acids is 3. The molecule has 0 bridgehead atoms. The Hall–Kier alpha value is -8.00. The van der Waals surface area contributed by atoms with Crippen molar-refractivity contribution in [1.82, 2.24) is 49.6 Å². The molecule has 4 aromatic carbocycles. The van der Waals surface area contributed by atoms with Gasteiger partial charge in [0.15, 0.2) is 5.82 Å². The Kier molecular flexibility index (Phi) is 17.2. The lowest BCUT2D eigenvalue weighted by Gasteiger charge is -2.42. The van der Waals surface area contributed by atoms with Crippen LogP contribution in [0.4, 0.5) is 24.7 Å². The topological polar surface area (TPSA) is 213 Å². The minimum atomic E-state index is -4.67. The molecule has 0 spiro atoms. The summed E-state index contributed by atoms with van der Waals surface area (Å²) in [5.74, 6) is -1.61. The van der Waals surface area contributed by atoms with Gasteiger partial charge in [0, 0.05) is 99.8 Å². The van der Waals surface area contributed by atoms with E-state index in [4.69, 9.17) is 26.3 Å². The molecule has 3 saturated heterocycles. The summed E-state index contributed by atoms with van der Waals surface area (Å²) in [5.41, 5.74) is 4.78. The van der Waals surface area contributed by atoms with Gasteiger partial charge < -0.3 is 39.9 Å². The molecule has 6 aromatic rings. The second kappa shape index (κ2) is 24.6. The third-order valence-electron chi connectivity index (χ3n) is 15.9. The number of phenolic OH excluding ortho intramolecular Hbond substituents is 2. The monoisotopic (exact) mass is 1140 g/mol. The molecule has 4 aliphatic rings. The average Bonchev–Trinajstić information content (AvgIpc) is 3.61. The van der Waals surface area contributed by atoms with E-state index in [9.17, 15) is 43.0 Å². The molecule has 19 nitrogen and oxygen atoms in total. The van der Waals surface area contributed by atoms with Gasteiger partial charge in [-0.1, -0.05) is 68.4 Å². The zero-order valence-electron chi connectivity index (χ0n) is 45.8. The van der Waals surface area contributed by atoms with Gasteiger partial charge in [-0.15, -0.1) is 10.2 Å². The van der Waals surface area contributed by atoms with Crippen LogP contribution in [0.2, 0.25) is 5.02 Å². The number of amides is 3. The Morgan fingerprint density at radius 1 is 0.902 bits per heavy atom. The number of carbonyl (C=O) groups is 3. The number of benzene rings is 4. The van der Waals surface area contributed by atoms with E-state index in [1.54, 1.807) is 17.0 Å². The number of nitrogens with one attached hydrogen (secondary N) is 1. The maximum atomic E-state index is 13.9. The molecule has 82 heavy (non-hydrogen) atoms. The second-order valence-corrected chi connectivity index (χ2v) is 21.9. The number of piperidine rings is 1. The molecule has 0 unspecified atom stereocenters. The van der Waals surface area contributed by atoms with E-state index >= 15 is 0 Å². The molecule has 4 aliphatic heterocycles. The number of halogens is 4. The summed E-state index contributed by atoms with van der Waals surface area (Å²) in [6.07, 6.45) is -1.15. The van der Waals surface area contributed by atoms with Gasteiger partial charge >= 0.3 is 12.2 Å². The number of anilines is 2. The summed E-state index contributed by atoms with van der Waals surface area (Å²) in [5, 5.41) is 43.8. The smallest absolute Gasteiger partial charge is 0.405 e.